The van der Waals surface area contributed by atoms with Crippen LogP contribution in [-0.2, 0) is 0 Å². The van der Waals surface area contributed by atoms with Crippen LogP contribution in [0.25, 0.3) is 0 Å². The second-order valence-electron chi connectivity index (χ2n) is 4.04. The summed E-state index contributed by atoms with van der Waals surface area (Å²) in [5, 5.41) is 8.95. The summed E-state index contributed by atoms with van der Waals surface area (Å²) in [6.45, 7) is 6.53. The lowest BCUT2D eigenvalue weighted by atomic mass is 9.94. The highest BCUT2D eigenvalue weighted by Crippen LogP contribution is 2.16. The van der Waals surface area contributed by atoms with Crippen LogP contribution in [0.3, 0.4) is 0 Å². The number of unbranched alkanes of at least 4 members (excludes halogenated alkanes) is 3. The number of rotatable bonds is 6. The van der Waals surface area contributed by atoms with E-state index in [0.29, 0.717) is 0 Å². The quantitative estimate of drug-likeness (QED) is 0.479. The number of hydrogen-bond acceptors (Lipinski definition) is 1. The van der Waals surface area contributed by atoms with Gasteiger partial charge in [-0.1, -0.05) is 45.8 Å². The van der Waals surface area contributed by atoms with E-state index in [-0.39, 0.29) is 12.0 Å². The number of allylic oxidation sites excluding steroid dienone is 1. The highest BCUT2D eigenvalue weighted by atomic mass is 16.3. The SMILES string of the molecule is CCCCCC=CC(C)(C)CO. The van der Waals surface area contributed by atoms with Gasteiger partial charge in [0.2, 0.25) is 0 Å². The summed E-state index contributed by atoms with van der Waals surface area (Å²) in [6, 6.07) is 0. The Labute approximate surface area is 76.5 Å². The number of hydrogen-bond donors (Lipinski definition) is 1. The molecule has 0 aromatic heterocycles. The Morgan fingerprint density at radius 3 is 2.42 bits per heavy atom. The first kappa shape index (κ1) is 11.7. The molecule has 1 heteroatoms. The van der Waals surface area contributed by atoms with Gasteiger partial charge in [-0.3, -0.25) is 0 Å². The third-order valence-electron chi connectivity index (χ3n) is 1.95. The summed E-state index contributed by atoms with van der Waals surface area (Å²) in [5.41, 5.74) is -0.0355. The zero-order valence-corrected chi connectivity index (χ0v) is 8.64. The molecule has 0 aliphatic carbocycles. The van der Waals surface area contributed by atoms with E-state index in [1.165, 1.54) is 19.3 Å². The Bertz CT molecular complexity index is 125. The molecule has 0 spiro atoms. The molecule has 0 unspecified atom stereocenters. The Kier molecular flexibility index (Phi) is 6.09. The highest BCUT2D eigenvalue weighted by molar-refractivity contribution is 4.94. The van der Waals surface area contributed by atoms with Crippen molar-refractivity contribution in [1.82, 2.24) is 0 Å². The van der Waals surface area contributed by atoms with Gasteiger partial charge < -0.3 is 5.11 Å². The molecule has 1 nitrogen and oxygen atoms in total. The Morgan fingerprint density at radius 1 is 1.25 bits per heavy atom. The van der Waals surface area contributed by atoms with Crippen molar-refractivity contribution < 1.29 is 5.11 Å². The fourth-order valence-electron chi connectivity index (χ4n) is 0.967. The van der Waals surface area contributed by atoms with Gasteiger partial charge in [-0.2, -0.15) is 0 Å². The average molecular weight is 170 g/mol. The van der Waals surface area contributed by atoms with Crippen molar-refractivity contribution in [2.75, 3.05) is 6.61 Å². The molecule has 12 heavy (non-hydrogen) atoms. The summed E-state index contributed by atoms with van der Waals surface area (Å²) in [7, 11) is 0. The van der Waals surface area contributed by atoms with Gasteiger partial charge in [-0.15, -0.1) is 0 Å². The van der Waals surface area contributed by atoms with Gasteiger partial charge >= 0.3 is 0 Å². The van der Waals surface area contributed by atoms with Crippen LogP contribution >= 0.6 is 0 Å². The Morgan fingerprint density at radius 2 is 1.92 bits per heavy atom. The van der Waals surface area contributed by atoms with Crippen LogP contribution in [0.1, 0.15) is 46.5 Å². The van der Waals surface area contributed by atoms with E-state index in [1.54, 1.807) is 0 Å². The minimum absolute atomic E-state index is 0.0355. The largest absolute Gasteiger partial charge is 0.395 e. The molecule has 0 bridgehead atoms. The van der Waals surface area contributed by atoms with E-state index in [2.05, 4.69) is 19.1 Å². The second kappa shape index (κ2) is 6.24. The first-order chi connectivity index (χ1) is 5.62. The molecule has 0 fully saturated rings. The molecular weight excluding hydrogens is 148 g/mol. The maximum absolute atomic E-state index is 8.95. The molecule has 0 radical (unpaired) electrons. The van der Waals surface area contributed by atoms with Gasteiger partial charge in [0.15, 0.2) is 0 Å². The molecule has 1 N–H and O–H groups in total. The van der Waals surface area contributed by atoms with Crippen molar-refractivity contribution in [3.8, 4) is 0 Å². The monoisotopic (exact) mass is 170 g/mol. The zero-order chi connectivity index (χ0) is 9.45. The van der Waals surface area contributed by atoms with Crippen molar-refractivity contribution in [1.29, 1.82) is 0 Å². The molecule has 0 saturated heterocycles. The summed E-state index contributed by atoms with van der Waals surface area (Å²) >= 11 is 0. The van der Waals surface area contributed by atoms with E-state index in [0.717, 1.165) is 6.42 Å². The predicted molar refractivity (Wildman–Crippen MR) is 54.1 cm³/mol. The van der Waals surface area contributed by atoms with Crippen LogP contribution in [0.15, 0.2) is 12.2 Å². The molecule has 0 heterocycles. The number of aliphatic hydroxyl groups excluding tert-OH is 1. The van der Waals surface area contributed by atoms with Crippen molar-refractivity contribution in [3.05, 3.63) is 12.2 Å². The lowest BCUT2D eigenvalue weighted by molar-refractivity contribution is 0.199. The molecule has 0 aliphatic rings. The van der Waals surface area contributed by atoms with E-state index in [4.69, 9.17) is 5.11 Å². The molecule has 0 amide bonds. The van der Waals surface area contributed by atoms with Crippen LogP contribution in [-0.4, -0.2) is 11.7 Å². The maximum Gasteiger partial charge on any atom is 0.0516 e. The molecule has 0 atom stereocenters. The van der Waals surface area contributed by atoms with Crippen molar-refractivity contribution >= 4 is 0 Å². The van der Waals surface area contributed by atoms with E-state index in [1.807, 2.05) is 13.8 Å². The van der Waals surface area contributed by atoms with Gasteiger partial charge in [-0.25, -0.2) is 0 Å². The van der Waals surface area contributed by atoms with E-state index in [9.17, 15) is 0 Å². The standard InChI is InChI=1S/C11H22O/c1-4-5-6-7-8-9-11(2,3)10-12/h8-9,12H,4-7,10H2,1-3H3. The second-order valence-corrected chi connectivity index (χ2v) is 4.04. The lowest BCUT2D eigenvalue weighted by Crippen LogP contribution is -2.12. The van der Waals surface area contributed by atoms with Gasteiger partial charge in [0.25, 0.3) is 0 Å². The fraction of sp³-hybridized carbons (Fsp3) is 0.818. The predicted octanol–water partition coefficient (Wildman–Crippen LogP) is 3.14. The third kappa shape index (κ3) is 6.41. The normalized spacial score (nSPS) is 12.7. The van der Waals surface area contributed by atoms with Crippen LogP contribution in [0.4, 0.5) is 0 Å². The molecule has 0 aromatic rings. The molecule has 0 aliphatic heterocycles. The minimum atomic E-state index is -0.0355. The summed E-state index contributed by atoms with van der Waals surface area (Å²) < 4.78 is 0. The average Bonchev–Trinajstić information content (AvgIpc) is 2.04. The van der Waals surface area contributed by atoms with Crippen molar-refractivity contribution in [2.45, 2.75) is 46.5 Å². The maximum atomic E-state index is 8.95. The van der Waals surface area contributed by atoms with Crippen LogP contribution < -0.4 is 0 Å². The van der Waals surface area contributed by atoms with Gasteiger partial charge in [0, 0.05) is 5.41 Å². The van der Waals surface area contributed by atoms with Crippen LogP contribution in [0, 0.1) is 5.41 Å². The summed E-state index contributed by atoms with van der Waals surface area (Å²) in [6.07, 6.45) is 9.31. The van der Waals surface area contributed by atoms with Crippen LogP contribution in [0.5, 0.6) is 0 Å². The van der Waals surface area contributed by atoms with Gasteiger partial charge in [0.1, 0.15) is 0 Å². The third-order valence-corrected chi connectivity index (χ3v) is 1.95. The van der Waals surface area contributed by atoms with Crippen molar-refractivity contribution in [2.24, 2.45) is 5.41 Å². The number of aliphatic hydroxyl groups is 1. The van der Waals surface area contributed by atoms with E-state index >= 15 is 0 Å². The molecule has 0 aromatic carbocycles. The Balaban J connectivity index is 3.47. The topological polar surface area (TPSA) is 20.2 Å². The lowest BCUT2D eigenvalue weighted by Gasteiger charge is -2.15. The summed E-state index contributed by atoms with van der Waals surface area (Å²) in [5.74, 6) is 0. The van der Waals surface area contributed by atoms with Gasteiger partial charge in [0.05, 0.1) is 6.61 Å². The summed E-state index contributed by atoms with van der Waals surface area (Å²) in [4.78, 5) is 0. The first-order valence-electron chi connectivity index (χ1n) is 4.91. The Hall–Kier alpha value is -0.300. The molecule has 0 saturated carbocycles. The molecular formula is C11H22O. The zero-order valence-electron chi connectivity index (χ0n) is 8.64. The molecule has 72 valence electrons. The fourth-order valence-corrected chi connectivity index (χ4v) is 0.967. The van der Waals surface area contributed by atoms with Crippen molar-refractivity contribution in [3.63, 3.8) is 0 Å². The highest BCUT2D eigenvalue weighted by Gasteiger charge is 2.10. The van der Waals surface area contributed by atoms with E-state index < -0.39 is 0 Å². The smallest absolute Gasteiger partial charge is 0.0516 e. The molecule has 0 rings (SSSR count). The minimum Gasteiger partial charge on any atom is -0.395 e. The first-order valence-corrected chi connectivity index (χ1v) is 4.91. The van der Waals surface area contributed by atoms with Crippen LogP contribution in [0.2, 0.25) is 0 Å². The van der Waals surface area contributed by atoms with Gasteiger partial charge in [-0.05, 0) is 12.8 Å².